The van der Waals surface area contributed by atoms with Crippen molar-refractivity contribution >= 4 is 5.97 Å². The van der Waals surface area contributed by atoms with Crippen LogP contribution < -0.4 is 5.32 Å². The van der Waals surface area contributed by atoms with E-state index in [9.17, 15) is 4.79 Å². The second-order valence-electron chi connectivity index (χ2n) is 5.65. The Hall–Kier alpha value is -0.650. The van der Waals surface area contributed by atoms with E-state index in [-0.39, 0.29) is 17.7 Å². The van der Waals surface area contributed by atoms with Crippen molar-refractivity contribution in [2.75, 3.05) is 19.8 Å². The summed E-state index contributed by atoms with van der Waals surface area (Å²) in [5, 5.41) is 3.25. The molecule has 0 aromatic heterocycles. The van der Waals surface area contributed by atoms with Gasteiger partial charge in [0.15, 0.2) is 0 Å². The molecule has 0 aromatic carbocycles. The van der Waals surface area contributed by atoms with Crippen molar-refractivity contribution in [3.05, 3.63) is 0 Å². The zero-order valence-corrected chi connectivity index (χ0v) is 10.7. The van der Waals surface area contributed by atoms with Crippen LogP contribution in [0, 0.1) is 0 Å². The summed E-state index contributed by atoms with van der Waals surface area (Å²) >= 11 is 0. The molecule has 0 amide bonds. The fraction of sp³-hybridized carbons (Fsp3) is 0.917. The van der Waals surface area contributed by atoms with E-state index < -0.39 is 5.60 Å². The highest BCUT2D eigenvalue weighted by Crippen LogP contribution is 2.28. The number of hydrogen-bond acceptors (Lipinski definition) is 5. The van der Waals surface area contributed by atoms with Crippen molar-refractivity contribution in [3.8, 4) is 0 Å². The van der Waals surface area contributed by atoms with Crippen molar-refractivity contribution < 1.29 is 19.0 Å². The van der Waals surface area contributed by atoms with E-state index in [1.807, 2.05) is 20.8 Å². The van der Waals surface area contributed by atoms with Crippen LogP contribution in [0.5, 0.6) is 0 Å². The standard InChI is InChI=1S/C12H21NO4/c1-11(2,3)17-10(14)9-8-16-12(13-9)4-6-15-7-5-12/h9,13H,4-8H2,1-3H3. The Balaban J connectivity index is 1.91. The van der Waals surface area contributed by atoms with Gasteiger partial charge in [0.2, 0.25) is 0 Å². The molecule has 0 bridgehead atoms. The van der Waals surface area contributed by atoms with E-state index in [1.54, 1.807) is 0 Å². The Morgan fingerprint density at radius 3 is 2.59 bits per heavy atom. The number of esters is 1. The molecule has 0 radical (unpaired) electrons. The largest absolute Gasteiger partial charge is 0.459 e. The van der Waals surface area contributed by atoms with Crippen LogP contribution in [0.25, 0.3) is 0 Å². The molecule has 5 nitrogen and oxygen atoms in total. The van der Waals surface area contributed by atoms with E-state index in [2.05, 4.69) is 5.32 Å². The zero-order valence-electron chi connectivity index (χ0n) is 10.7. The number of carbonyl (C=O) groups excluding carboxylic acids is 1. The average Bonchev–Trinajstić information content (AvgIpc) is 2.61. The van der Waals surface area contributed by atoms with Gasteiger partial charge in [0.05, 0.1) is 19.8 Å². The molecule has 1 unspecified atom stereocenters. The lowest BCUT2D eigenvalue weighted by Gasteiger charge is -2.32. The first-order valence-corrected chi connectivity index (χ1v) is 6.13. The zero-order chi connectivity index (χ0) is 12.5. The maximum Gasteiger partial charge on any atom is 0.326 e. The predicted octanol–water partition coefficient (Wildman–Crippen LogP) is 0.823. The normalized spacial score (nSPS) is 28.3. The van der Waals surface area contributed by atoms with Gasteiger partial charge in [0.25, 0.3) is 0 Å². The molecule has 1 atom stereocenters. The third kappa shape index (κ3) is 3.18. The molecule has 2 saturated heterocycles. The fourth-order valence-electron chi connectivity index (χ4n) is 2.13. The fourth-order valence-corrected chi connectivity index (χ4v) is 2.13. The molecule has 0 aromatic rings. The quantitative estimate of drug-likeness (QED) is 0.691. The highest BCUT2D eigenvalue weighted by molar-refractivity contribution is 5.76. The van der Waals surface area contributed by atoms with Gasteiger partial charge >= 0.3 is 5.97 Å². The lowest BCUT2D eigenvalue weighted by Crippen LogP contribution is -2.51. The molecular formula is C12H21NO4. The molecule has 0 saturated carbocycles. The van der Waals surface area contributed by atoms with Crippen LogP contribution in [-0.2, 0) is 19.0 Å². The number of nitrogens with one attached hydrogen (secondary N) is 1. The Kier molecular flexibility index (Phi) is 3.43. The minimum atomic E-state index is -0.454. The minimum absolute atomic E-state index is 0.235. The van der Waals surface area contributed by atoms with Crippen molar-refractivity contribution in [1.29, 1.82) is 0 Å². The molecule has 2 aliphatic heterocycles. The van der Waals surface area contributed by atoms with Gasteiger partial charge < -0.3 is 14.2 Å². The molecule has 17 heavy (non-hydrogen) atoms. The topological polar surface area (TPSA) is 56.8 Å². The Morgan fingerprint density at radius 1 is 1.35 bits per heavy atom. The number of ether oxygens (including phenoxy) is 3. The van der Waals surface area contributed by atoms with Crippen LogP contribution in [0.15, 0.2) is 0 Å². The first-order valence-electron chi connectivity index (χ1n) is 6.13. The van der Waals surface area contributed by atoms with Gasteiger partial charge in [0.1, 0.15) is 17.4 Å². The average molecular weight is 243 g/mol. The molecule has 2 fully saturated rings. The third-order valence-corrected chi connectivity index (χ3v) is 2.96. The lowest BCUT2D eigenvalue weighted by atomic mass is 10.0. The van der Waals surface area contributed by atoms with Gasteiger partial charge in [-0.1, -0.05) is 0 Å². The van der Waals surface area contributed by atoms with Crippen LogP contribution in [0.4, 0.5) is 0 Å². The van der Waals surface area contributed by atoms with Gasteiger partial charge in [-0.3, -0.25) is 10.1 Å². The summed E-state index contributed by atoms with van der Waals surface area (Å²) in [7, 11) is 0. The van der Waals surface area contributed by atoms with Crippen LogP contribution >= 0.6 is 0 Å². The summed E-state index contributed by atoms with van der Waals surface area (Å²) in [4.78, 5) is 11.9. The maximum atomic E-state index is 11.9. The van der Waals surface area contributed by atoms with Gasteiger partial charge in [-0.25, -0.2) is 0 Å². The second kappa shape index (κ2) is 4.55. The second-order valence-corrected chi connectivity index (χ2v) is 5.65. The maximum absolute atomic E-state index is 11.9. The van der Waals surface area contributed by atoms with Gasteiger partial charge in [-0.05, 0) is 20.8 Å². The monoisotopic (exact) mass is 243 g/mol. The van der Waals surface area contributed by atoms with Crippen molar-refractivity contribution in [2.24, 2.45) is 0 Å². The van der Waals surface area contributed by atoms with Gasteiger partial charge in [-0.15, -0.1) is 0 Å². The van der Waals surface area contributed by atoms with Crippen LogP contribution in [0.2, 0.25) is 0 Å². The summed E-state index contributed by atoms with van der Waals surface area (Å²) in [6.07, 6.45) is 1.57. The molecule has 1 N–H and O–H groups in total. The van der Waals surface area contributed by atoms with E-state index in [0.29, 0.717) is 19.8 Å². The third-order valence-electron chi connectivity index (χ3n) is 2.96. The van der Waals surface area contributed by atoms with Crippen molar-refractivity contribution in [1.82, 2.24) is 5.32 Å². The molecule has 5 heteroatoms. The number of carbonyl (C=O) groups is 1. The predicted molar refractivity (Wildman–Crippen MR) is 61.5 cm³/mol. The molecule has 2 heterocycles. The summed E-state index contributed by atoms with van der Waals surface area (Å²) in [6, 6.07) is -0.354. The summed E-state index contributed by atoms with van der Waals surface area (Å²) in [5.41, 5.74) is -0.829. The first-order chi connectivity index (χ1) is 7.90. The minimum Gasteiger partial charge on any atom is -0.459 e. The first kappa shape index (κ1) is 12.8. The smallest absolute Gasteiger partial charge is 0.326 e. The van der Waals surface area contributed by atoms with Crippen molar-refractivity contribution in [2.45, 2.75) is 51.0 Å². The molecule has 2 rings (SSSR count). The van der Waals surface area contributed by atoms with E-state index >= 15 is 0 Å². The summed E-state index contributed by atoms with van der Waals surface area (Å²) in [6.45, 7) is 7.33. The molecule has 0 aliphatic carbocycles. The van der Waals surface area contributed by atoms with E-state index in [1.165, 1.54) is 0 Å². The lowest BCUT2D eigenvalue weighted by molar-refractivity contribution is -0.157. The highest BCUT2D eigenvalue weighted by Gasteiger charge is 2.44. The van der Waals surface area contributed by atoms with Crippen LogP contribution in [0.1, 0.15) is 33.6 Å². The number of rotatable bonds is 1. The van der Waals surface area contributed by atoms with Gasteiger partial charge in [0, 0.05) is 12.8 Å². The van der Waals surface area contributed by atoms with Gasteiger partial charge in [-0.2, -0.15) is 0 Å². The van der Waals surface area contributed by atoms with E-state index in [0.717, 1.165) is 12.8 Å². The summed E-state index contributed by atoms with van der Waals surface area (Å²) < 4.78 is 16.4. The van der Waals surface area contributed by atoms with E-state index in [4.69, 9.17) is 14.2 Å². The Labute approximate surface area is 102 Å². The Morgan fingerprint density at radius 2 is 2.00 bits per heavy atom. The number of hydrogen-bond donors (Lipinski definition) is 1. The summed E-state index contributed by atoms with van der Waals surface area (Å²) in [5.74, 6) is -0.235. The van der Waals surface area contributed by atoms with Crippen molar-refractivity contribution in [3.63, 3.8) is 0 Å². The highest BCUT2D eigenvalue weighted by atomic mass is 16.6. The Bertz CT molecular complexity index is 291. The molecule has 98 valence electrons. The molecule has 1 spiro atoms. The van der Waals surface area contributed by atoms with Crippen LogP contribution in [-0.4, -0.2) is 43.2 Å². The molecular weight excluding hydrogens is 222 g/mol. The SMILES string of the molecule is CC(C)(C)OC(=O)C1COC2(CCOCC2)N1. The molecule has 2 aliphatic rings. The van der Waals surface area contributed by atoms with Crippen LogP contribution in [0.3, 0.4) is 0 Å².